The Kier molecular flexibility index (Phi) is 4.32. The summed E-state index contributed by atoms with van der Waals surface area (Å²) in [6, 6.07) is 1.52. The predicted octanol–water partition coefficient (Wildman–Crippen LogP) is 2.26. The standard InChI is InChI=1S/C9H12ClN3O/c1-2-3-4-9(14)13-8-5-7(10)11-6-12-8/h5-6H,2-4H2,1H3,(H,11,12,13,14). The topological polar surface area (TPSA) is 54.9 Å². The Hall–Kier alpha value is -1.16. The van der Waals surface area contributed by atoms with Crippen LogP contribution in [0.2, 0.25) is 5.15 Å². The van der Waals surface area contributed by atoms with E-state index in [0.717, 1.165) is 12.8 Å². The van der Waals surface area contributed by atoms with E-state index in [-0.39, 0.29) is 5.91 Å². The van der Waals surface area contributed by atoms with Gasteiger partial charge in [0, 0.05) is 12.5 Å². The van der Waals surface area contributed by atoms with Crippen LogP contribution in [0.4, 0.5) is 5.82 Å². The SMILES string of the molecule is CCCCC(=O)Nc1cc(Cl)ncn1. The van der Waals surface area contributed by atoms with Crippen LogP contribution in [0.15, 0.2) is 12.4 Å². The second-order valence-electron chi connectivity index (χ2n) is 2.88. The summed E-state index contributed by atoms with van der Waals surface area (Å²) >= 11 is 5.63. The van der Waals surface area contributed by atoms with Crippen LogP contribution in [0.1, 0.15) is 26.2 Å². The van der Waals surface area contributed by atoms with Gasteiger partial charge in [0.2, 0.25) is 5.91 Å². The molecular formula is C9H12ClN3O. The molecule has 0 aromatic carbocycles. The Bertz CT molecular complexity index is 317. The van der Waals surface area contributed by atoms with Crippen molar-refractivity contribution in [2.45, 2.75) is 26.2 Å². The van der Waals surface area contributed by atoms with Crippen molar-refractivity contribution in [3.05, 3.63) is 17.5 Å². The van der Waals surface area contributed by atoms with Crippen molar-refractivity contribution in [1.29, 1.82) is 0 Å². The van der Waals surface area contributed by atoms with Crippen LogP contribution in [-0.4, -0.2) is 15.9 Å². The summed E-state index contributed by atoms with van der Waals surface area (Å²) in [6.07, 6.45) is 3.71. The van der Waals surface area contributed by atoms with Gasteiger partial charge in [-0.25, -0.2) is 9.97 Å². The lowest BCUT2D eigenvalue weighted by Crippen LogP contribution is -2.12. The van der Waals surface area contributed by atoms with Crippen LogP contribution in [-0.2, 0) is 4.79 Å². The monoisotopic (exact) mass is 213 g/mol. The number of nitrogens with zero attached hydrogens (tertiary/aromatic N) is 2. The first-order valence-electron chi connectivity index (χ1n) is 4.49. The van der Waals surface area contributed by atoms with E-state index in [1.54, 1.807) is 0 Å². The molecule has 1 rings (SSSR count). The van der Waals surface area contributed by atoms with Gasteiger partial charge in [0.15, 0.2) is 0 Å². The van der Waals surface area contributed by atoms with Crippen LogP contribution in [0, 0.1) is 0 Å². The molecule has 0 saturated heterocycles. The van der Waals surface area contributed by atoms with E-state index in [9.17, 15) is 4.79 Å². The highest BCUT2D eigenvalue weighted by Crippen LogP contribution is 2.09. The molecule has 0 spiro atoms. The minimum Gasteiger partial charge on any atom is -0.311 e. The van der Waals surface area contributed by atoms with Crippen LogP contribution in [0.5, 0.6) is 0 Å². The van der Waals surface area contributed by atoms with Crippen molar-refractivity contribution < 1.29 is 4.79 Å². The molecule has 5 heteroatoms. The fraction of sp³-hybridized carbons (Fsp3) is 0.444. The van der Waals surface area contributed by atoms with Crippen molar-refractivity contribution in [1.82, 2.24) is 9.97 Å². The molecule has 0 radical (unpaired) electrons. The highest BCUT2D eigenvalue weighted by Gasteiger charge is 2.02. The Morgan fingerprint density at radius 2 is 2.36 bits per heavy atom. The van der Waals surface area contributed by atoms with Gasteiger partial charge in [-0.2, -0.15) is 0 Å². The van der Waals surface area contributed by atoms with Gasteiger partial charge in [0.1, 0.15) is 17.3 Å². The molecule has 1 N–H and O–H groups in total. The Balaban J connectivity index is 2.47. The van der Waals surface area contributed by atoms with Gasteiger partial charge in [-0.3, -0.25) is 4.79 Å². The van der Waals surface area contributed by atoms with Crippen molar-refractivity contribution in [3.8, 4) is 0 Å². The van der Waals surface area contributed by atoms with E-state index in [4.69, 9.17) is 11.6 Å². The summed E-state index contributed by atoms with van der Waals surface area (Å²) in [5.41, 5.74) is 0. The number of halogens is 1. The fourth-order valence-electron chi connectivity index (χ4n) is 0.945. The second-order valence-corrected chi connectivity index (χ2v) is 3.26. The zero-order valence-corrected chi connectivity index (χ0v) is 8.71. The summed E-state index contributed by atoms with van der Waals surface area (Å²) in [5.74, 6) is 0.410. The second kappa shape index (κ2) is 5.54. The molecule has 76 valence electrons. The van der Waals surface area contributed by atoms with Gasteiger partial charge in [0.05, 0.1) is 0 Å². The van der Waals surface area contributed by atoms with E-state index in [2.05, 4.69) is 15.3 Å². The van der Waals surface area contributed by atoms with E-state index < -0.39 is 0 Å². The van der Waals surface area contributed by atoms with Gasteiger partial charge in [-0.1, -0.05) is 24.9 Å². The molecule has 0 aliphatic heterocycles. The smallest absolute Gasteiger partial charge is 0.225 e. The molecule has 1 aromatic rings. The summed E-state index contributed by atoms with van der Waals surface area (Å²) in [6.45, 7) is 2.04. The zero-order valence-electron chi connectivity index (χ0n) is 7.96. The van der Waals surface area contributed by atoms with Crippen LogP contribution >= 0.6 is 11.6 Å². The fourth-order valence-corrected chi connectivity index (χ4v) is 1.09. The normalized spacial score (nSPS) is 9.86. The average molecular weight is 214 g/mol. The van der Waals surface area contributed by atoms with Gasteiger partial charge in [0.25, 0.3) is 0 Å². The molecule has 0 saturated carbocycles. The number of carbonyl (C=O) groups is 1. The maximum atomic E-state index is 11.3. The molecular weight excluding hydrogens is 202 g/mol. The average Bonchev–Trinajstić information content (AvgIpc) is 2.15. The number of hydrogen-bond donors (Lipinski definition) is 1. The highest BCUT2D eigenvalue weighted by molar-refractivity contribution is 6.29. The van der Waals surface area contributed by atoms with Gasteiger partial charge >= 0.3 is 0 Å². The first kappa shape index (κ1) is 10.9. The maximum Gasteiger partial charge on any atom is 0.225 e. The minimum absolute atomic E-state index is 0.0402. The van der Waals surface area contributed by atoms with E-state index in [1.165, 1.54) is 12.4 Å². The highest BCUT2D eigenvalue weighted by atomic mass is 35.5. The lowest BCUT2D eigenvalue weighted by Gasteiger charge is -2.02. The lowest BCUT2D eigenvalue weighted by atomic mass is 10.2. The number of aromatic nitrogens is 2. The third-order valence-electron chi connectivity index (χ3n) is 1.66. The quantitative estimate of drug-likeness (QED) is 0.781. The third-order valence-corrected chi connectivity index (χ3v) is 1.87. The zero-order chi connectivity index (χ0) is 10.4. The molecule has 14 heavy (non-hydrogen) atoms. The Labute approximate surface area is 87.7 Å². The van der Waals surface area contributed by atoms with E-state index in [1.807, 2.05) is 6.92 Å². The number of hydrogen-bond acceptors (Lipinski definition) is 3. The first-order chi connectivity index (χ1) is 6.72. The molecule has 1 heterocycles. The predicted molar refractivity (Wildman–Crippen MR) is 55.2 cm³/mol. The van der Waals surface area contributed by atoms with E-state index in [0.29, 0.717) is 17.4 Å². The van der Waals surface area contributed by atoms with Gasteiger partial charge < -0.3 is 5.32 Å². The van der Waals surface area contributed by atoms with Crippen LogP contribution < -0.4 is 5.32 Å². The molecule has 0 fully saturated rings. The van der Waals surface area contributed by atoms with E-state index >= 15 is 0 Å². The number of anilines is 1. The molecule has 0 aliphatic rings. The number of unbranched alkanes of at least 4 members (excludes halogenated alkanes) is 1. The van der Waals surface area contributed by atoms with Crippen molar-refractivity contribution in [2.75, 3.05) is 5.32 Å². The largest absolute Gasteiger partial charge is 0.311 e. The summed E-state index contributed by atoms with van der Waals surface area (Å²) in [7, 11) is 0. The number of amides is 1. The number of nitrogens with one attached hydrogen (secondary N) is 1. The Morgan fingerprint density at radius 1 is 1.57 bits per heavy atom. The first-order valence-corrected chi connectivity index (χ1v) is 4.87. The van der Waals surface area contributed by atoms with Crippen molar-refractivity contribution >= 4 is 23.3 Å². The van der Waals surface area contributed by atoms with Crippen LogP contribution in [0.3, 0.4) is 0 Å². The van der Waals surface area contributed by atoms with Crippen molar-refractivity contribution in [3.63, 3.8) is 0 Å². The van der Waals surface area contributed by atoms with Gasteiger partial charge in [-0.05, 0) is 6.42 Å². The number of rotatable bonds is 4. The molecule has 0 bridgehead atoms. The molecule has 4 nitrogen and oxygen atoms in total. The van der Waals surface area contributed by atoms with Crippen molar-refractivity contribution in [2.24, 2.45) is 0 Å². The Morgan fingerprint density at radius 3 is 3.00 bits per heavy atom. The minimum atomic E-state index is -0.0402. The molecule has 0 unspecified atom stereocenters. The molecule has 1 aromatic heterocycles. The van der Waals surface area contributed by atoms with Crippen LogP contribution in [0.25, 0.3) is 0 Å². The third kappa shape index (κ3) is 3.70. The van der Waals surface area contributed by atoms with Gasteiger partial charge in [-0.15, -0.1) is 0 Å². The molecule has 0 aliphatic carbocycles. The lowest BCUT2D eigenvalue weighted by molar-refractivity contribution is -0.116. The summed E-state index contributed by atoms with van der Waals surface area (Å²) in [4.78, 5) is 18.8. The summed E-state index contributed by atoms with van der Waals surface area (Å²) < 4.78 is 0. The summed E-state index contributed by atoms with van der Waals surface area (Å²) in [5, 5.41) is 2.97. The maximum absolute atomic E-state index is 11.3. The molecule has 1 amide bonds. The number of carbonyl (C=O) groups excluding carboxylic acids is 1. The molecule has 0 atom stereocenters.